The zero-order valence-corrected chi connectivity index (χ0v) is 15.5. The number of amides is 2. The van der Waals surface area contributed by atoms with E-state index in [-0.39, 0.29) is 24.8 Å². The summed E-state index contributed by atoms with van der Waals surface area (Å²) in [5.41, 5.74) is 2.55. The molecular formula is C19H19BrN2O3. The van der Waals surface area contributed by atoms with Crippen LogP contribution in [0.1, 0.15) is 18.9 Å². The summed E-state index contributed by atoms with van der Waals surface area (Å²) in [7, 11) is 0. The summed E-state index contributed by atoms with van der Waals surface area (Å²) >= 11 is 3.46. The summed E-state index contributed by atoms with van der Waals surface area (Å²) in [6.07, 6.45) is 0.995. The van der Waals surface area contributed by atoms with Gasteiger partial charge in [-0.2, -0.15) is 0 Å². The van der Waals surface area contributed by atoms with Crippen LogP contribution in [0.4, 0.5) is 11.4 Å². The number of carbonyl (C=O) groups is 2. The predicted molar refractivity (Wildman–Crippen MR) is 101 cm³/mol. The van der Waals surface area contributed by atoms with Crippen molar-refractivity contribution in [2.24, 2.45) is 0 Å². The van der Waals surface area contributed by atoms with Crippen molar-refractivity contribution < 1.29 is 14.3 Å². The van der Waals surface area contributed by atoms with Crippen LogP contribution >= 0.6 is 15.9 Å². The fraction of sp³-hybridized carbons (Fsp3) is 0.263. The Hall–Kier alpha value is -2.34. The van der Waals surface area contributed by atoms with Crippen LogP contribution in [0.15, 0.2) is 46.9 Å². The minimum absolute atomic E-state index is 0.121. The normalized spacial score (nSPS) is 12.2. The maximum absolute atomic E-state index is 12.7. The molecule has 130 valence electrons. The van der Waals surface area contributed by atoms with Crippen LogP contribution in [-0.4, -0.2) is 25.0 Å². The molecule has 2 aromatic rings. The van der Waals surface area contributed by atoms with Crippen LogP contribution in [0.3, 0.4) is 0 Å². The monoisotopic (exact) mass is 402 g/mol. The summed E-state index contributed by atoms with van der Waals surface area (Å²) in [6.45, 7) is 2.42. The zero-order valence-electron chi connectivity index (χ0n) is 13.9. The van der Waals surface area contributed by atoms with Gasteiger partial charge in [0.1, 0.15) is 5.75 Å². The van der Waals surface area contributed by atoms with E-state index >= 15 is 0 Å². The summed E-state index contributed by atoms with van der Waals surface area (Å²) in [6, 6.07) is 13.1. The highest BCUT2D eigenvalue weighted by molar-refractivity contribution is 9.10. The molecule has 25 heavy (non-hydrogen) atoms. The molecule has 6 heteroatoms. The van der Waals surface area contributed by atoms with Crippen molar-refractivity contribution in [3.63, 3.8) is 0 Å². The summed E-state index contributed by atoms with van der Waals surface area (Å²) < 4.78 is 6.43. The second kappa shape index (κ2) is 7.70. The number of hydrogen-bond donors (Lipinski definition) is 1. The third-order valence-corrected chi connectivity index (χ3v) is 4.45. The first-order valence-corrected chi connectivity index (χ1v) is 8.93. The second-order valence-corrected chi connectivity index (χ2v) is 6.71. The van der Waals surface area contributed by atoms with Crippen LogP contribution in [0.2, 0.25) is 0 Å². The molecule has 2 amide bonds. The number of ether oxygens (including phenoxy) is 1. The van der Waals surface area contributed by atoms with Gasteiger partial charge in [-0.1, -0.05) is 34.1 Å². The Morgan fingerprint density at radius 1 is 1.24 bits per heavy atom. The maximum atomic E-state index is 12.7. The van der Waals surface area contributed by atoms with Gasteiger partial charge in [-0.3, -0.25) is 9.59 Å². The summed E-state index contributed by atoms with van der Waals surface area (Å²) in [4.78, 5) is 26.1. The molecule has 0 fully saturated rings. The lowest BCUT2D eigenvalue weighted by atomic mass is 10.1. The number of para-hydroxylation sites is 1. The van der Waals surface area contributed by atoms with Crippen LogP contribution in [0.25, 0.3) is 0 Å². The Morgan fingerprint density at radius 2 is 2.00 bits per heavy atom. The van der Waals surface area contributed by atoms with Gasteiger partial charge >= 0.3 is 0 Å². The summed E-state index contributed by atoms with van der Waals surface area (Å²) in [5, 5.41) is 3.27. The molecule has 3 rings (SSSR count). The van der Waals surface area contributed by atoms with Crippen molar-refractivity contribution in [2.45, 2.75) is 19.8 Å². The molecule has 1 aliphatic rings. The van der Waals surface area contributed by atoms with Gasteiger partial charge in [-0.15, -0.1) is 0 Å². The molecule has 0 spiro atoms. The van der Waals surface area contributed by atoms with E-state index in [0.29, 0.717) is 11.4 Å². The second-order valence-electron chi connectivity index (χ2n) is 5.80. The van der Waals surface area contributed by atoms with Crippen molar-refractivity contribution in [2.75, 3.05) is 23.4 Å². The van der Waals surface area contributed by atoms with Gasteiger partial charge < -0.3 is 10.1 Å². The van der Waals surface area contributed by atoms with Crippen molar-refractivity contribution >= 4 is 39.1 Å². The van der Waals surface area contributed by atoms with Crippen molar-refractivity contribution in [1.29, 1.82) is 0 Å². The van der Waals surface area contributed by atoms with Crippen LogP contribution in [-0.2, 0) is 16.0 Å². The highest BCUT2D eigenvalue weighted by Gasteiger charge is 2.26. The molecule has 1 N–H and O–H groups in total. The lowest BCUT2D eigenvalue weighted by Gasteiger charge is -2.22. The van der Waals surface area contributed by atoms with Gasteiger partial charge in [-0.05, 0) is 36.2 Å². The number of fused-ring (bicyclic) bond motifs is 1. The number of carbonyl (C=O) groups excluding carboxylic acids is 2. The van der Waals surface area contributed by atoms with Gasteiger partial charge in [0, 0.05) is 17.9 Å². The molecule has 0 saturated heterocycles. The van der Waals surface area contributed by atoms with Crippen LogP contribution in [0.5, 0.6) is 5.75 Å². The maximum Gasteiger partial charge on any atom is 0.237 e. The average molecular weight is 403 g/mol. The molecule has 0 atom stereocenters. The molecule has 5 nitrogen and oxygen atoms in total. The minimum atomic E-state index is -0.307. The van der Waals surface area contributed by atoms with E-state index in [1.54, 1.807) is 6.07 Å². The number of rotatable bonds is 5. The fourth-order valence-corrected chi connectivity index (χ4v) is 3.40. The first kappa shape index (κ1) is 17.5. The quantitative estimate of drug-likeness (QED) is 0.826. The third kappa shape index (κ3) is 4.02. The molecule has 0 aliphatic carbocycles. The number of anilines is 2. The lowest BCUT2D eigenvalue weighted by Crippen LogP contribution is -2.36. The van der Waals surface area contributed by atoms with Gasteiger partial charge in [-0.25, -0.2) is 4.90 Å². The Morgan fingerprint density at radius 3 is 2.72 bits per heavy atom. The van der Waals surface area contributed by atoms with E-state index < -0.39 is 0 Å². The largest absolute Gasteiger partial charge is 0.493 e. The fourth-order valence-electron chi connectivity index (χ4n) is 2.91. The Balaban J connectivity index is 1.75. The van der Waals surface area contributed by atoms with E-state index in [1.807, 2.05) is 36.4 Å². The number of nitrogens with zero attached hydrogens (tertiary/aromatic N) is 1. The van der Waals surface area contributed by atoms with E-state index in [4.69, 9.17) is 4.74 Å². The van der Waals surface area contributed by atoms with Gasteiger partial charge in [0.15, 0.2) is 0 Å². The molecule has 0 bridgehead atoms. The number of halogens is 1. The smallest absolute Gasteiger partial charge is 0.237 e. The molecule has 0 unspecified atom stereocenters. The molecular weight excluding hydrogens is 384 g/mol. The van der Waals surface area contributed by atoms with Gasteiger partial charge in [0.2, 0.25) is 11.8 Å². The minimum Gasteiger partial charge on any atom is -0.493 e. The highest BCUT2D eigenvalue weighted by atomic mass is 79.9. The Labute approximate surface area is 155 Å². The van der Waals surface area contributed by atoms with Crippen LogP contribution in [0, 0.1) is 0 Å². The van der Waals surface area contributed by atoms with Crippen LogP contribution < -0.4 is 15.0 Å². The number of benzene rings is 2. The summed E-state index contributed by atoms with van der Waals surface area (Å²) in [5.74, 6) is 0.117. The van der Waals surface area contributed by atoms with E-state index in [1.165, 1.54) is 11.8 Å². The molecule has 1 heterocycles. The van der Waals surface area contributed by atoms with Gasteiger partial charge in [0.05, 0.1) is 24.4 Å². The number of hydrogen-bond acceptors (Lipinski definition) is 4. The zero-order chi connectivity index (χ0) is 17.8. The third-order valence-electron chi connectivity index (χ3n) is 3.99. The van der Waals surface area contributed by atoms with E-state index in [9.17, 15) is 9.59 Å². The first-order valence-electron chi connectivity index (χ1n) is 8.14. The molecule has 2 aromatic carbocycles. The SMILES string of the molecule is CC(=O)N(C(=O)CCOc1ccccc1)c1cc(Br)cc2c1NCC2. The van der Waals surface area contributed by atoms with Gasteiger partial charge in [0.25, 0.3) is 0 Å². The predicted octanol–water partition coefficient (Wildman–Crippen LogP) is 3.77. The Kier molecular flexibility index (Phi) is 5.38. The van der Waals surface area contributed by atoms with E-state index in [2.05, 4.69) is 21.2 Å². The Bertz CT molecular complexity index is 793. The standard InChI is InChI=1S/C19H19BrN2O3/c1-13(23)22(17-12-15(20)11-14-7-9-21-19(14)17)18(24)8-10-25-16-5-3-2-4-6-16/h2-6,11-12,21H,7-10H2,1H3. The van der Waals surface area contributed by atoms with E-state index in [0.717, 1.165) is 28.7 Å². The first-order chi connectivity index (χ1) is 12.1. The number of imide groups is 1. The molecule has 1 aliphatic heterocycles. The highest BCUT2D eigenvalue weighted by Crippen LogP contribution is 2.37. The van der Waals surface area contributed by atoms with Crippen molar-refractivity contribution in [3.8, 4) is 5.75 Å². The lowest BCUT2D eigenvalue weighted by molar-refractivity contribution is -0.125. The topological polar surface area (TPSA) is 58.6 Å². The molecule has 0 saturated carbocycles. The van der Waals surface area contributed by atoms with Crippen molar-refractivity contribution in [3.05, 3.63) is 52.5 Å². The number of nitrogens with one attached hydrogen (secondary N) is 1. The van der Waals surface area contributed by atoms with Crippen molar-refractivity contribution in [1.82, 2.24) is 0 Å². The average Bonchev–Trinajstić information content (AvgIpc) is 3.04. The molecule has 0 radical (unpaired) electrons. The molecule has 0 aromatic heterocycles.